The van der Waals surface area contributed by atoms with Crippen LogP contribution in [0, 0.1) is 5.92 Å². The summed E-state index contributed by atoms with van der Waals surface area (Å²) in [7, 11) is 0. The van der Waals surface area contributed by atoms with Gasteiger partial charge in [-0.1, -0.05) is 6.42 Å². The number of halogens is 1. The normalized spacial score (nSPS) is 25.2. The van der Waals surface area contributed by atoms with Gasteiger partial charge in [-0.05, 0) is 54.4 Å². The summed E-state index contributed by atoms with van der Waals surface area (Å²) in [6, 6.07) is -0.399. The van der Waals surface area contributed by atoms with Crippen LogP contribution in [0.25, 0.3) is 0 Å². The molecule has 0 radical (unpaired) electrons. The number of rotatable bonds is 6. The summed E-state index contributed by atoms with van der Waals surface area (Å²) in [4.78, 5) is 12.6. The van der Waals surface area contributed by atoms with Crippen LogP contribution in [-0.2, 0) is 14.3 Å². The smallest absolute Gasteiger partial charge is 0.324 e. The Morgan fingerprint density at radius 1 is 1.17 bits per heavy atom. The van der Waals surface area contributed by atoms with Crippen molar-refractivity contribution in [3.05, 3.63) is 0 Å². The molecule has 0 aromatic heterocycles. The number of hydrogen-bond acceptors (Lipinski definition) is 6. The zero-order valence-electron chi connectivity index (χ0n) is 15.0. The highest BCUT2D eigenvalue weighted by Crippen LogP contribution is 2.31. The maximum absolute atomic E-state index is 12.6. The Balaban J connectivity index is 2.86. The van der Waals surface area contributed by atoms with Crippen molar-refractivity contribution >= 4 is 28.8 Å². The Morgan fingerprint density at radius 3 is 2.26 bits per heavy atom. The van der Waals surface area contributed by atoms with Crippen molar-refractivity contribution in [3.8, 4) is 0 Å². The molecule has 7 heteroatoms. The lowest BCUT2D eigenvalue weighted by molar-refractivity contribution is -0.195. The van der Waals surface area contributed by atoms with E-state index >= 15 is 0 Å². The molecule has 0 aromatic rings. The van der Waals surface area contributed by atoms with Gasteiger partial charge in [0.1, 0.15) is 11.6 Å². The van der Waals surface area contributed by atoms with Gasteiger partial charge < -0.3 is 14.6 Å². The molecule has 1 fully saturated rings. The van der Waals surface area contributed by atoms with Gasteiger partial charge in [-0.25, -0.2) is 0 Å². The Labute approximate surface area is 153 Å². The predicted octanol–water partition coefficient (Wildman–Crippen LogP) is 2.49. The van der Waals surface area contributed by atoms with Crippen LogP contribution < -0.4 is 8.85 Å². The maximum Gasteiger partial charge on any atom is 0.324 e. The molecule has 1 unspecified atom stereocenters. The zero-order chi connectivity index (χ0) is 17.8. The van der Waals surface area contributed by atoms with Gasteiger partial charge >= 0.3 is 5.97 Å². The van der Waals surface area contributed by atoms with Crippen LogP contribution in [-0.4, -0.2) is 40.8 Å². The third-order valence-electron chi connectivity index (χ3n) is 3.59. The minimum atomic E-state index is -1.22. The van der Waals surface area contributed by atoms with Gasteiger partial charge in [0, 0.05) is 34.8 Å². The van der Waals surface area contributed by atoms with E-state index in [-0.39, 0.29) is 17.9 Å². The van der Waals surface area contributed by atoms with E-state index in [9.17, 15) is 9.90 Å². The maximum atomic E-state index is 12.6. The molecule has 1 aliphatic rings. The summed E-state index contributed by atoms with van der Waals surface area (Å²) >= 11 is 2.12. The number of ether oxygens (including phenoxy) is 2. The molecule has 4 atom stereocenters. The highest BCUT2D eigenvalue weighted by Gasteiger charge is 2.40. The summed E-state index contributed by atoms with van der Waals surface area (Å²) in [5.74, 6) is -0.294. The summed E-state index contributed by atoms with van der Waals surface area (Å²) in [6.45, 7) is 11.1. The molecule has 0 aliphatic heterocycles. The van der Waals surface area contributed by atoms with Gasteiger partial charge in [-0.15, -0.1) is 0 Å². The van der Waals surface area contributed by atoms with Gasteiger partial charge in [-0.2, -0.15) is 0 Å². The average Bonchev–Trinajstić information content (AvgIpc) is 2.79. The first-order chi connectivity index (χ1) is 10.4. The fourth-order valence-electron chi connectivity index (χ4n) is 2.78. The highest BCUT2D eigenvalue weighted by molar-refractivity contribution is 14.1. The Morgan fingerprint density at radius 2 is 1.78 bits per heavy atom. The molecule has 0 saturated heterocycles. The SMILES string of the molecule is CC(C)(C)OC(=O)[C@H](NC(O)OC(C)(C)C)[C@@H]1CCC[C@H]1NI. The van der Waals surface area contributed by atoms with Crippen LogP contribution in [0.4, 0.5) is 0 Å². The van der Waals surface area contributed by atoms with E-state index in [0.29, 0.717) is 0 Å². The molecule has 1 saturated carbocycles. The Kier molecular flexibility index (Phi) is 7.72. The van der Waals surface area contributed by atoms with Gasteiger partial charge in [-0.3, -0.25) is 13.6 Å². The number of esters is 1. The van der Waals surface area contributed by atoms with E-state index in [4.69, 9.17) is 9.47 Å². The zero-order valence-corrected chi connectivity index (χ0v) is 17.1. The summed E-state index contributed by atoms with van der Waals surface area (Å²) < 4.78 is 14.3. The summed E-state index contributed by atoms with van der Waals surface area (Å²) in [5.41, 5.74) is -1.08. The molecule has 0 spiro atoms. The number of aliphatic hydroxyl groups excluding tert-OH is 1. The topological polar surface area (TPSA) is 79.8 Å². The second kappa shape index (κ2) is 8.42. The minimum Gasteiger partial charge on any atom is -0.459 e. The van der Waals surface area contributed by atoms with Crippen molar-refractivity contribution in [2.75, 3.05) is 0 Å². The lowest BCUT2D eigenvalue weighted by atomic mass is 9.94. The molecular weight excluding hydrogens is 411 g/mol. The van der Waals surface area contributed by atoms with Gasteiger partial charge in [0.05, 0.1) is 5.60 Å². The van der Waals surface area contributed by atoms with Crippen LogP contribution in [0.15, 0.2) is 0 Å². The predicted molar refractivity (Wildman–Crippen MR) is 97.9 cm³/mol. The fraction of sp³-hybridized carbons (Fsp3) is 0.938. The van der Waals surface area contributed by atoms with Crippen molar-refractivity contribution in [1.82, 2.24) is 8.85 Å². The molecular formula is C16H31IN2O4. The van der Waals surface area contributed by atoms with Crippen LogP contribution >= 0.6 is 22.9 Å². The third-order valence-corrected chi connectivity index (χ3v) is 4.39. The van der Waals surface area contributed by atoms with E-state index < -0.39 is 23.7 Å². The van der Waals surface area contributed by atoms with Gasteiger partial charge in [0.2, 0.25) is 6.41 Å². The first kappa shape index (κ1) is 21.1. The molecule has 3 N–H and O–H groups in total. The molecule has 0 bridgehead atoms. The van der Waals surface area contributed by atoms with Gasteiger partial charge in [0.25, 0.3) is 0 Å². The second-order valence-corrected chi connectivity index (χ2v) is 8.69. The molecule has 0 heterocycles. The quantitative estimate of drug-likeness (QED) is 0.254. The minimum absolute atomic E-state index is 0.0555. The van der Waals surface area contributed by atoms with E-state index in [2.05, 4.69) is 31.7 Å². The molecule has 0 amide bonds. The first-order valence-electron chi connectivity index (χ1n) is 8.14. The molecule has 1 rings (SSSR count). The molecule has 0 aromatic carbocycles. The van der Waals surface area contributed by atoms with E-state index in [1.807, 2.05) is 41.5 Å². The van der Waals surface area contributed by atoms with Crippen molar-refractivity contribution in [1.29, 1.82) is 0 Å². The average molecular weight is 442 g/mol. The number of aliphatic hydroxyl groups is 1. The monoisotopic (exact) mass is 442 g/mol. The number of hydrogen-bond donors (Lipinski definition) is 3. The second-order valence-electron chi connectivity index (χ2n) is 8.07. The summed E-state index contributed by atoms with van der Waals surface area (Å²) in [5, 5.41) is 13.1. The van der Waals surface area contributed by atoms with Crippen molar-refractivity contribution in [2.45, 2.75) is 90.5 Å². The number of carbonyl (C=O) groups excluding carboxylic acids is 1. The fourth-order valence-corrected chi connectivity index (χ4v) is 3.55. The number of nitrogens with one attached hydrogen (secondary N) is 2. The van der Waals surface area contributed by atoms with E-state index in [0.717, 1.165) is 19.3 Å². The van der Waals surface area contributed by atoms with Crippen LogP contribution in [0.3, 0.4) is 0 Å². The van der Waals surface area contributed by atoms with Crippen molar-refractivity contribution < 1.29 is 19.4 Å². The lowest BCUT2D eigenvalue weighted by Gasteiger charge is -2.33. The summed E-state index contributed by atoms with van der Waals surface area (Å²) in [6.07, 6.45) is 1.73. The standard InChI is InChI=1S/C16H31IN2O4/c1-15(2,3)22-13(20)12(10-8-7-9-11(10)19-17)18-14(21)23-16(4,5)6/h10-12,14,18-19,21H,7-9H2,1-6H3/t10-,11-,12-,14?/m1/s1. The molecule has 1 aliphatic carbocycles. The van der Waals surface area contributed by atoms with Crippen LogP contribution in [0.2, 0.25) is 0 Å². The van der Waals surface area contributed by atoms with Crippen LogP contribution in [0.1, 0.15) is 60.8 Å². The molecule has 6 nitrogen and oxygen atoms in total. The third kappa shape index (κ3) is 7.64. The Hall–Kier alpha value is 0.0400. The Bertz CT molecular complexity index is 393. The molecule has 136 valence electrons. The molecule has 23 heavy (non-hydrogen) atoms. The van der Waals surface area contributed by atoms with Crippen LogP contribution in [0.5, 0.6) is 0 Å². The highest BCUT2D eigenvalue weighted by atomic mass is 127. The van der Waals surface area contributed by atoms with E-state index in [1.54, 1.807) is 0 Å². The number of carbonyl (C=O) groups is 1. The largest absolute Gasteiger partial charge is 0.459 e. The van der Waals surface area contributed by atoms with Gasteiger partial charge in [0.15, 0.2) is 0 Å². The first-order valence-corrected chi connectivity index (χ1v) is 9.22. The van der Waals surface area contributed by atoms with E-state index in [1.165, 1.54) is 0 Å². The van der Waals surface area contributed by atoms with Crippen molar-refractivity contribution in [3.63, 3.8) is 0 Å². The van der Waals surface area contributed by atoms with Crippen molar-refractivity contribution in [2.24, 2.45) is 5.92 Å². The lowest BCUT2D eigenvalue weighted by Crippen LogP contribution is -2.54.